The van der Waals surface area contributed by atoms with E-state index in [2.05, 4.69) is 6.92 Å². The van der Waals surface area contributed by atoms with Crippen molar-refractivity contribution >= 4 is 5.97 Å². The SMILES string of the molecule is CCOC(=O)C1(CC)OC12CCOC(CC)C2. The predicted molar refractivity (Wildman–Crippen MR) is 62.7 cm³/mol. The molecule has 0 aliphatic carbocycles. The maximum absolute atomic E-state index is 12.0. The fraction of sp³-hybridized carbons (Fsp3) is 0.923. The van der Waals surface area contributed by atoms with Crippen LogP contribution in [0.3, 0.4) is 0 Å². The summed E-state index contributed by atoms with van der Waals surface area (Å²) in [6, 6.07) is 0. The molecule has 0 N–H and O–H groups in total. The summed E-state index contributed by atoms with van der Waals surface area (Å²) in [7, 11) is 0. The number of hydrogen-bond acceptors (Lipinski definition) is 4. The van der Waals surface area contributed by atoms with Crippen molar-refractivity contribution in [2.45, 2.75) is 63.8 Å². The number of esters is 1. The molecular formula is C13H22O4. The van der Waals surface area contributed by atoms with Crippen LogP contribution in [0.15, 0.2) is 0 Å². The maximum atomic E-state index is 12.0. The Labute approximate surface area is 103 Å². The first-order valence-corrected chi connectivity index (χ1v) is 6.63. The van der Waals surface area contributed by atoms with Crippen molar-refractivity contribution in [1.29, 1.82) is 0 Å². The molecule has 2 aliphatic heterocycles. The third-order valence-corrected chi connectivity index (χ3v) is 4.04. The highest BCUT2D eigenvalue weighted by molar-refractivity contribution is 5.85. The summed E-state index contributed by atoms with van der Waals surface area (Å²) in [6.07, 6.45) is 3.48. The Balaban J connectivity index is 2.10. The van der Waals surface area contributed by atoms with Crippen LogP contribution in [0.1, 0.15) is 46.5 Å². The molecule has 98 valence electrons. The van der Waals surface area contributed by atoms with Gasteiger partial charge < -0.3 is 14.2 Å². The maximum Gasteiger partial charge on any atom is 0.341 e. The van der Waals surface area contributed by atoms with Gasteiger partial charge in [-0.15, -0.1) is 0 Å². The van der Waals surface area contributed by atoms with Crippen LogP contribution in [0.4, 0.5) is 0 Å². The number of rotatable bonds is 4. The van der Waals surface area contributed by atoms with Gasteiger partial charge >= 0.3 is 5.97 Å². The van der Waals surface area contributed by atoms with Gasteiger partial charge in [-0.2, -0.15) is 0 Å². The molecule has 2 aliphatic rings. The van der Waals surface area contributed by atoms with Crippen LogP contribution in [0.5, 0.6) is 0 Å². The van der Waals surface area contributed by atoms with Crippen molar-refractivity contribution in [1.82, 2.24) is 0 Å². The summed E-state index contributed by atoms with van der Waals surface area (Å²) >= 11 is 0. The first kappa shape index (κ1) is 12.8. The average Bonchev–Trinajstić information content (AvgIpc) is 2.98. The van der Waals surface area contributed by atoms with Crippen molar-refractivity contribution in [3.63, 3.8) is 0 Å². The second-order valence-electron chi connectivity index (χ2n) is 4.85. The molecule has 0 radical (unpaired) electrons. The highest BCUT2D eigenvalue weighted by atomic mass is 16.7. The van der Waals surface area contributed by atoms with E-state index in [0.717, 1.165) is 19.3 Å². The molecule has 0 aromatic carbocycles. The number of hydrogen-bond donors (Lipinski definition) is 0. The molecule has 2 rings (SSSR count). The smallest absolute Gasteiger partial charge is 0.341 e. The van der Waals surface area contributed by atoms with Crippen LogP contribution in [-0.2, 0) is 19.0 Å². The van der Waals surface area contributed by atoms with Gasteiger partial charge in [0.1, 0.15) is 5.60 Å². The zero-order valence-corrected chi connectivity index (χ0v) is 11.0. The van der Waals surface area contributed by atoms with E-state index in [4.69, 9.17) is 14.2 Å². The Kier molecular flexibility index (Phi) is 3.46. The first-order valence-electron chi connectivity index (χ1n) is 6.63. The summed E-state index contributed by atoms with van der Waals surface area (Å²) in [6.45, 7) is 7.01. The first-order chi connectivity index (χ1) is 8.14. The fourth-order valence-corrected chi connectivity index (χ4v) is 2.96. The van der Waals surface area contributed by atoms with Gasteiger partial charge in [-0.25, -0.2) is 4.79 Å². The van der Waals surface area contributed by atoms with E-state index in [-0.39, 0.29) is 17.7 Å². The van der Waals surface area contributed by atoms with Crippen molar-refractivity contribution in [3.05, 3.63) is 0 Å². The number of ether oxygens (including phenoxy) is 3. The van der Waals surface area contributed by atoms with E-state index in [1.54, 1.807) is 0 Å². The topological polar surface area (TPSA) is 48.1 Å². The van der Waals surface area contributed by atoms with E-state index in [1.165, 1.54) is 0 Å². The molecule has 0 aromatic rings. The Morgan fingerprint density at radius 2 is 2.18 bits per heavy atom. The van der Waals surface area contributed by atoms with Crippen LogP contribution in [-0.4, -0.2) is 36.5 Å². The lowest BCUT2D eigenvalue weighted by Gasteiger charge is -2.28. The lowest BCUT2D eigenvalue weighted by Crippen LogP contribution is -2.41. The molecule has 0 saturated carbocycles. The van der Waals surface area contributed by atoms with E-state index >= 15 is 0 Å². The van der Waals surface area contributed by atoms with Crippen LogP contribution < -0.4 is 0 Å². The van der Waals surface area contributed by atoms with E-state index < -0.39 is 5.60 Å². The quantitative estimate of drug-likeness (QED) is 0.559. The number of carbonyl (C=O) groups excluding carboxylic acids is 1. The fourth-order valence-electron chi connectivity index (χ4n) is 2.96. The molecule has 1 spiro atoms. The van der Waals surface area contributed by atoms with Crippen molar-refractivity contribution in [2.24, 2.45) is 0 Å². The molecule has 3 unspecified atom stereocenters. The van der Waals surface area contributed by atoms with Gasteiger partial charge in [0.15, 0.2) is 5.60 Å². The molecule has 2 saturated heterocycles. The van der Waals surface area contributed by atoms with Crippen LogP contribution in [0, 0.1) is 0 Å². The van der Waals surface area contributed by atoms with Gasteiger partial charge in [0, 0.05) is 19.4 Å². The van der Waals surface area contributed by atoms with Gasteiger partial charge in [0.05, 0.1) is 12.7 Å². The normalized spacial score (nSPS) is 40.3. The largest absolute Gasteiger partial charge is 0.464 e. The van der Waals surface area contributed by atoms with E-state index in [0.29, 0.717) is 19.6 Å². The minimum atomic E-state index is -0.694. The van der Waals surface area contributed by atoms with Crippen LogP contribution >= 0.6 is 0 Å². The van der Waals surface area contributed by atoms with Gasteiger partial charge in [-0.3, -0.25) is 0 Å². The van der Waals surface area contributed by atoms with Gasteiger partial charge in [-0.05, 0) is 19.8 Å². The monoisotopic (exact) mass is 242 g/mol. The Hall–Kier alpha value is -0.610. The zero-order valence-electron chi connectivity index (χ0n) is 11.0. The Morgan fingerprint density at radius 1 is 1.41 bits per heavy atom. The standard InChI is InChI=1S/C13H22O4/c1-4-10-9-12(7-8-16-10)13(5-2,17-12)11(14)15-6-3/h10H,4-9H2,1-3H3. The molecule has 17 heavy (non-hydrogen) atoms. The molecule has 4 nitrogen and oxygen atoms in total. The zero-order chi connectivity index (χ0) is 12.5. The predicted octanol–water partition coefficient (Wildman–Crippen LogP) is 2.06. The molecule has 3 atom stereocenters. The average molecular weight is 242 g/mol. The van der Waals surface area contributed by atoms with Crippen molar-refractivity contribution < 1.29 is 19.0 Å². The second-order valence-corrected chi connectivity index (χ2v) is 4.85. The summed E-state index contributed by atoms with van der Waals surface area (Å²) < 4.78 is 16.7. The van der Waals surface area contributed by atoms with E-state index in [9.17, 15) is 4.79 Å². The van der Waals surface area contributed by atoms with Gasteiger partial charge in [0.2, 0.25) is 0 Å². The second kappa shape index (κ2) is 4.58. The van der Waals surface area contributed by atoms with Gasteiger partial charge in [-0.1, -0.05) is 13.8 Å². The van der Waals surface area contributed by atoms with Gasteiger partial charge in [0.25, 0.3) is 0 Å². The lowest BCUT2D eigenvalue weighted by atomic mass is 9.81. The van der Waals surface area contributed by atoms with Crippen molar-refractivity contribution in [2.75, 3.05) is 13.2 Å². The van der Waals surface area contributed by atoms with Crippen LogP contribution in [0.2, 0.25) is 0 Å². The molecule has 0 amide bonds. The molecular weight excluding hydrogens is 220 g/mol. The Bertz CT molecular complexity index is 304. The lowest BCUT2D eigenvalue weighted by molar-refractivity contribution is -0.149. The number of epoxide rings is 1. The summed E-state index contributed by atoms with van der Waals surface area (Å²) in [5.41, 5.74) is -1.01. The highest BCUT2D eigenvalue weighted by Gasteiger charge is 2.74. The highest BCUT2D eigenvalue weighted by Crippen LogP contribution is 2.58. The third kappa shape index (κ3) is 1.87. The molecule has 2 heterocycles. The van der Waals surface area contributed by atoms with Crippen LogP contribution in [0.25, 0.3) is 0 Å². The van der Waals surface area contributed by atoms with Crippen molar-refractivity contribution in [3.8, 4) is 0 Å². The summed E-state index contributed by atoms with van der Waals surface area (Å²) in [5, 5.41) is 0. The minimum Gasteiger partial charge on any atom is -0.464 e. The molecule has 0 bridgehead atoms. The third-order valence-electron chi connectivity index (χ3n) is 4.04. The van der Waals surface area contributed by atoms with E-state index in [1.807, 2.05) is 13.8 Å². The minimum absolute atomic E-state index is 0.195. The molecule has 4 heteroatoms. The number of carbonyl (C=O) groups is 1. The molecule has 0 aromatic heterocycles. The molecule has 2 fully saturated rings. The summed E-state index contributed by atoms with van der Waals surface area (Å²) in [4.78, 5) is 12.0. The summed E-state index contributed by atoms with van der Waals surface area (Å²) in [5.74, 6) is -0.195. The Morgan fingerprint density at radius 3 is 2.76 bits per heavy atom.